The molecule has 2 aliphatic rings. The van der Waals surface area contributed by atoms with Gasteiger partial charge >= 0.3 is 0 Å². The first kappa shape index (κ1) is 10.7. The van der Waals surface area contributed by atoms with Crippen molar-refractivity contribution in [3.8, 4) is 0 Å². The van der Waals surface area contributed by atoms with E-state index in [1.807, 2.05) is 0 Å². The fraction of sp³-hybridized carbons (Fsp3) is 0.900. The molecule has 0 N–H and O–H groups in total. The predicted octanol–water partition coefficient (Wildman–Crippen LogP) is 2.14. The zero-order valence-electron chi connectivity index (χ0n) is 8.57. The van der Waals surface area contributed by atoms with Crippen molar-refractivity contribution in [3.63, 3.8) is 0 Å². The van der Waals surface area contributed by atoms with E-state index in [2.05, 4.69) is 11.8 Å². The summed E-state index contributed by atoms with van der Waals surface area (Å²) in [4.78, 5) is 2.35. The number of epoxide rings is 1. The van der Waals surface area contributed by atoms with E-state index in [0.29, 0.717) is 6.10 Å². The Morgan fingerprint density at radius 2 is 2.14 bits per heavy atom. The Hall–Kier alpha value is 0.200. The average molecular weight is 231 g/mol. The van der Waals surface area contributed by atoms with E-state index in [0.717, 1.165) is 35.7 Å². The molecule has 0 radical (unpaired) electrons. The van der Waals surface area contributed by atoms with Crippen molar-refractivity contribution in [1.82, 2.24) is 4.90 Å². The maximum Gasteiger partial charge on any atom is 0.136 e. The molecule has 2 heterocycles. The van der Waals surface area contributed by atoms with E-state index in [4.69, 9.17) is 17.0 Å². The van der Waals surface area contributed by atoms with Crippen LogP contribution in [0.15, 0.2) is 0 Å². The lowest BCUT2D eigenvalue weighted by atomic mass is 10.00. The largest absolute Gasteiger partial charge is 0.372 e. The van der Waals surface area contributed by atoms with Crippen LogP contribution in [-0.2, 0) is 4.74 Å². The molecule has 0 aromatic rings. The van der Waals surface area contributed by atoms with Crippen molar-refractivity contribution in [2.45, 2.75) is 25.9 Å². The summed E-state index contributed by atoms with van der Waals surface area (Å²) in [5.74, 6) is 1.93. The van der Waals surface area contributed by atoms with Crippen molar-refractivity contribution >= 4 is 28.3 Å². The molecule has 2 saturated heterocycles. The van der Waals surface area contributed by atoms with Gasteiger partial charge in [0.2, 0.25) is 0 Å². The molecular weight excluding hydrogens is 214 g/mol. The predicted molar refractivity (Wildman–Crippen MR) is 64.8 cm³/mol. The van der Waals surface area contributed by atoms with Crippen LogP contribution in [0, 0.1) is 5.92 Å². The van der Waals surface area contributed by atoms with Crippen molar-refractivity contribution < 1.29 is 4.74 Å². The first-order chi connectivity index (χ1) is 6.75. The van der Waals surface area contributed by atoms with Crippen molar-refractivity contribution in [2.24, 2.45) is 5.92 Å². The number of nitrogens with zero attached hydrogens (tertiary/aromatic N) is 1. The van der Waals surface area contributed by atoms with Gasteiger partial charge in [-0.2, -0.15) is 0 Å². The maximum absolute atomic E-state index is 5.39. The number of likely N-dealkylation sites (tertiary alicyclic amines) is 1. The van der Waals surface area contributed by atoms with Crippen LogP contribution in [0.1, 0.15) is 19.8 Å². The van der Waals surface area contributed by atoms with Crippen LogP contribution in [0.5, 0.6) is 0 Å². The topological polar surface area (TPSA) is 15.8 Å². The molecular formula is C10H17NOS2. The summed E-state index contributed by atoms with van der Waals surface area (Å²) in [5, 5.41) is 0. The molecule has 2 nitrogen and oxygen atoms in total. The Kier molecular flexibility index (Phi) is 3.68. The number of ether oxygens (including phenoxy) is 1. The first-order valence-electron chi connectivity index (χ1n) is 5.29. The average Bonchev–Trinajstić information content (AvgIpc) is 2.99. The molecule has 80 valence electrons. The number of hydrogen-bond acceptors (Lipinski definition) is 3. The first-order valence-corrected chi connectivity index (χ1v) is 6.68. The number of hydrogen-bond donors (Lipinski definition) is 0. The molecule has 1 atom stereocenters. The minimum atomic E-state index is 0.488. The third-order valence-electron chi connectivity index (χ3n) is 2.84. The highest BCUT2D eigenvalue weighted by Crippen LogP contribution is 2.23. The zero-order valence-corrected chi connectivity index (χ0v) is 10.2. The third-order valence-corrected chi connectivity index (χ3v) is 4.49. The summed E-state index contributed by atoms with van der Waals surface area (Å²) < 4.78 is 6.24. The van der Waals surface area contributed by atoms with E-state index in [1.54, 1.807) is 11.8 Å². The Morgan fingerprint density at radius 3 is 2.71 bits per heavy atom. The molecule has 4 heteroatoms. The lowest BCUT2D eigenvalue weighted by Gasteiger charge is -2.31. The summed E-state index contributed by atoms with van der Waals surface area (Å²) in [6, 6.07) is 0. The highest BCUT2D eigenvalue weighted by molar-refractivity contribution is 8.22. The van der Waals surface area contributed by atoms with Gasteiger partial charge in [-0.1, -0.05) is 30.9 Å². The maximum atomic E-state index is 5.39. The van der Waals surface area contributed by atoms with Crippen LogP contribution in [0.2, 0.25) is 0 Å². The molecule has 2 fully saturated rings. The van der Waals surface area contributed by atoms with E-state index in [9.17, 15) is 0 Å². The molecule has 1 unspecified atom stereocenters. The molecule has 0 aromatic heterocycles. The van der Waals surface area contributed by atoms with Gasteiger partial charge < -0.3 is 9.64 Å². The normalized spacial score (nSPS) is 27.8. The second-order valence-electron chi connectivity index (χ2n) is 4.20. The number of thiocarbonyl (C=S) groups is 1. The standard InChI is InChI=1S/C10H17NOS2/c1-8-2-4-11(5-3-8)10(13)14-7-9-6-12-9/h8-9H,2-7H2,1H3. The molecule has 2 rings (SSSR count). The molecule has 0 aliphatic carbocycles. The van der Waals surface area contributed by atoms with E-state index < -0.39 is 0 Å². The van der Waals surface area contributed by atoms with Gasteiger partial charge in [0.1, 0.15) is 4.32 Å². The fourth-order valence-corrected chi connectivity index (χ4v) is 2.88. The summed E-state index contributed by atoms with van der Waals surface area (Å²) >= 11 is 7.18. The van der Waals surface area contributed by atoms with Crippen LogP contribution < -0.4 is 0 Å². The van der Waals surface area contributed by atoms with Crippen molar-refractivity contribution in [1.29, 1.82) is 0 Å². The highest BCUT2D eigenvalue weighted by Gasteiger charge is 2.24. The van der Waals surface area contributed by atoms with E-state index >= 15 is 0 Å². The summed E-state index contributed by atoms with van der Waals surface area (Å²) in [7, 11) is 0. The van der Waals surface area contributed by atoms with Gasteiger partial charge in [0.15, 0.2) is 0 Å². The van der Waals surface area contributed by atoms with Gasteiger partial charge in [0.05, 0.1) is 12.7 Å². The fourth-order valence-electron chi connectivity index (χ4n) is 1.61. The molecule has 0 saturated carbocycles. The van der Waals surface area contributed by atoms with E-state index in [-0.39, 0.29) is 0 Å². The van der Waals surface area contributed by atoms with Crippen LogP contribution in [0.4, 0.5) is 0 Å². The Balaban J connectivity index is 1.68. The Morgan fingerprint density at radius 1 is 1.50 bits per heavy atom. The van der Waals surface area contributed by atoms with E-state index in [1.165, 1.54) is 12.8 Å². The second kappa shape index (κ2) is 4.81. The lowest BCUT2D eigenvalue weighted by Crippen LogP contribution is -2.35. The Bertz CT molecular complexity index is 210. The van der Waals surface area contributed by atoms with Gasteiger partial charge in [-0.25, -0.2) is 0 Å². The summed E-state index contributed by atoms with van der Waals surface area (Å²) in [5.41, 5.74) is 0. The number of piperidine rings is 1. The SMILES string of the molecule is CC1CCN(C(=S)SCC2CO2)CC1. The van der Waals surface area contributed by atoms with Crippen LogP contribution in [-0.4, -0.2) is 40.8 Å². The molecule has 2 aliphatic heterocycles. The van der Waals surface area contributed by atoms with Gasteiger partial charge in [-0.05, 0) is 18.8 Å². The van der Waals surface area contributed by atoms with Gasteiger partial charge in [0.25, 0.3) is 0 Å². The number of rotatable bonds is 2. The van der Waals surface area contributed by atoms with Crippen molar-refractivity contribution in [2.75, 3.05) is 25.4 Å². The Labute approximate surface area is 95.4 Å². The molecule has 0 spiro atoms. The van der Waals surface area contributed by atoms with Crippen LogP contribution >= 0.6 is 24.0 Å². The van der Waals surface area contributed by atoms with Gasteiger partial charge in [-0.15, -0.1) is 0 Å². The quantitative estimate of drug-likeness (QED) is 0.534. The molecule has 0 aromatic carbocycles. The van der Waals surface area contributed by atoms with Gasteiger partial charge in [-0.3, -0.25) is 0 Å². The molecule has 0 amide bonds. The summed E-state index contributed by atoms with van der Waals surface area (Å²) in [6.07, 6.45) is 3.07. The third kappa shape index (κ3) is 3.11. The van der Waals surface area contributed by atoms with Gasteiger partial charge in [0, 0.05) is 18.8 Å². The monoisotopic (exact) mass is 231 g/mol. The lowest BCUT2D eigenvalue weighted by molar-refractivity contribution is 0.287. The smallest absolute Gasteiger partial charge is 0.136 e. The second-order valence-corrected chi connectivity index (χ2v) is 5.86. The molecule has 0 bridgehead atoms. The molecule has 14 heavy (non-hydrogen) atoms. The number of thioether (sulfide) groups is 1. The van der Waals surface area contributed by atoms with Crippen LogP contribution in [0.3, 0.4) is 0 Å². The summed E-state index contributed by atoms with van der Waals surface area (Å²) in [6.45, 7) is 5.56. The van der Waals surface area contributed by atoms with Crippen molar-refractivity contribution in [3.05, 3.63) is 0 Å². The van der Waals surface area contributed by atoms with Crippen LogP contribution in [0.25, 0.3) is 0 Å². The minimum Gasteiger partial charge on any atom is -0.372 e. The zero-order chi connectivity index (χ0) is 9.97. The minimum absolute atomic E-state index is 0.488. The highest BCUT2D eigenvalue weighted by atomic mass is 32.2.